The summed E-state index contributed by atoms with van der Waals surface area (Å²) in [6, 6.07) is 10.5. The summed E-state index contributed by atoms with van der Waals surface area (Å²) in [5, 5.41) is 2.68. The summed E-state index contributed by atoms with van der Waals surface area (Å²) in [6.07, 6.45) is 0. The molecular formula is C17H19FN2O3S. The number of hydrogen-bond acceptors (Lipinski definition) is 3. The van der Waals surface area contributed by atoms with Crippen LogP contribution in [0.2, 0.25) is 0 Å². The van der Waals surface area contributed by atoms with E-state index in [1.54, 1.807) is 12.1 Å². The molecule has 0 radical (unpaired) electrons. The van der Waals surface area contributed by atoms with Gasteiger partial charge in [-0.15, -0.1) is 0 Å². The quantitative estimate of drug-likeness (QED) is 0.902. The minimum Gasteiger partial charge on any atom is -0.325 e. The van der Waals surface area contributed by atoms with Crippen molar-refractivity contribution < 1.29 is 17.6 Å². The van der Waals surface area contributed by atoms with Crippen molar-refractivity contribution in [1.29, 1.82) is 0 Å². The molecule has 24 heavy (non-hydrogen) atoms. The van der Waals surface area contributed by atoms with Gasteiger partial charge in [0.1, 0.15) is 10.7 Å². The maximum absolute atomic E-state index is 13.7. The smallest absolute Gasteiger partial charge is 0.246 e. The summed E-state index contributed by atoms with van der Waals surface area (Å²) in [5.41, 5.74) is 2.54. The third-order valence-corrected chi connectivity index (χ3v) is 5.61. The molecule has 0 aliphatic rings. The lowest BCUT2D eigenvalue weighted by molar-refractivity contribution is -0.116. The minimum absolute atomic E-state index is 0.413. The van der Waals surface area contributed by atoms with Gasteiger partial charge in [-0.3, -0.25) is 4.79 Å². The molecule has 5 nitrogen and oxygen atoms in total. The molecule has 0 aromatic heterocycles. The molecular weight excluding hydrogens is 331 g/mol. The van der Waals surface area contributed by atoms with Crippen molar-refractivity contribution in [3.63, 3.8) is 0 Å². The molecule has 128 valence electrons. The number of nitrogens with zero attached hydrogens (tertiary/aromatic N) is 1. The molecule has 2 rings (SSSR count). The first-order chi connectivity index (χ1) is 11.2. The second kappa shape index (κ2) is 7.11. The van der Waals surface area contributed by atoms with Crippen LogP contribution in [0, 0.1) is 19.7 Å². The van der Waals surface area contributed by atoms with Crippen LogP contribution in [0.15, 0.2) is 47.4 Å². The molecule has 1 amide bonds. The SMILES string of the molecule is Cc1cccc(NC(=O)CN(C)S(=O)(=O)c2ccccc2F)c1C. The molecule has 0 unspecified atom stereocenters. The van der Waals surface area contributed by atoms with E-state index >= 15 is 0 Å². The monoisotopic (exact) mass is 350 g/mol. The van der Waals surface area contributed by atoms with E-state index in [-0.39, 0.29) is 0 Å². The highest BCUT2D eigenvalue weighted by atomic mass is 32.2. The summed E-state index contributed by atoms with van der Waals surface area (Å²) in [7, 11) is -2.84. The first kappa shape index (κ1) is 18.1. The standard InChI is InChI=1S/C17H19FN2O3S/c1-12-7-6-9-15(13(12)2)19-17(21)11-20(3)24(22,23)16-10-5-4-8-14(16)18/h4-10H,11H2,1-3H3,(H,19,21). The third kappa shape index (κ3) is 3.80. The summed E-state index contributed by atoms with van der Waals surface area (Å²) in [6.45, 7) is 3.37. The zero-order chi connectivity index (χ0) is 17.9. The Morgan fingerprint density at radius 1 is 1.12 bits per heavy atom. The predicted octanol–water partition coefficient (Wildman–Crippen LogP) is 2.70. The van der Waals surface area contributed by atoms with Crippen molar-refractivity contribution in [2.75, 3.05) is 18.9 Å². The van der Waals surface area contributed by atoms with Gasteiger partial charge in [-0.1, -0.05) is 24.3 Å². The number of amides is 1. The molecule has 0 saturated carbocycles. The van der Waals surface area contributed by atoms with E-state index < -0.39 is 33.2 Å². The van der Waals surface area contributed by atoms with Crippen LogP contribution in [0.1, 0.15) is 11.1 Å². The molecule has 0 atom stereocenters. The van der Waals surface area contributed by atoms with Gasteiger partial charge in [0.15, 0.2) is 0 Å². The first-order valence-electron chi connectivity index (χ1n) is 7.30. The zero-order valence-corrected chi connectivity index (χ0v) is 14.5. The molecule has 7 heteroatoms. The van der Waals surface area contributed by atoms with Crippen molar-refractivity contribution in [3.8, 4) is 0 Å². The Morgan fingerprint density at radius 3 is 2.46 bits per heavy atom. The van der Waals surface area contributed by atoms with Crippen LogP contribution in [0.4, 0.5) is 10.1 Å². The average molecular weight is 350 g/mol. The number of halogens is 1. The number of sulfonamides is 1. The Kier molecular flexibility index (Phi) is 5.36. The summed E-state index contributed by atoms with van der Waals surface area (Å²) >= 11 is 0. The molecule has 2 aromatic carbocycles. The first-order valence-corrected chi connectivity index (χ1v) is 8.74. The van der Waals surface area contributed by atoms with Crippen LogP contribution in [0.25, 0.3) is 0 Å². The highest BCUT2D eigenvalue weighted by molar-refractivity contribution is 7.89. The highest BCUT2D eigenvalue weighted by Gasteiger charge is 2.25. The molecule has 0 spiro atoms. The number of aryl methyl sites for hydroxylation is 1. The van der Waals surface area contributed by atoms with Gasteiger partial charge in [0.05, 0.1) is 6.54 Å². The number of carbonyl (C=O) groups is 1. The molecule has 0 aliphatic carbocycles. The fourth-order valence-corrected chi connectivity index (χ4v) is 3.37. The van der Waals surface area contributed by atoms with Gasteiger partial charge in [0.2, 0.25) is 15.9 Å². The molecule has 0 bridgehead atoms. The number of anilines is 1. The topological polar surface area (TPSA) is 66.5 Å². The second-order valence-electron chi connectivity index (χ2n) is 5.49. The molecule has 0 heterocycles. The molecule has 0 fully saturated rings. The lowest BCUT2D eigenvalue weighted by Crippen LogP contribution is -2.35. The van der Waals surface area contributed by atoms with Crippen LogP contribution in [-0.4, -0.2) is 32.2 Å². The lowest BCUT2D eigenvalue weighted by Gasteiger charge is -2.18. The van der Waals surface area contributed by atoms with Crippen molar-refractivity contribution in [2.45, 2.75) is 18.7 Å². The van der Waals surface area contributed by atoms with Crippen LogP contribution >= 0.6 is 0 Å². The minimum atomic E-state index is -4.08. The van der Waals surface area contributed by atoms with Crippen molar-refractivity contribution in [2.24, 2.45) is 0 Å². The van der Waals surface area contributed by atoms with Crippen molar-refractivity contribution in [3.05, 3.63) is 59.4 Å². The van der Waals surface area contributed by atoms with Crippen LogP contribution in [0.5, 0.6) is 0 Å². The number of rotatable bonds is 5. The van der Waals surface area contributed by atoms with Gasteiger partial charge in [-0.05, 0) is 43.2 Å². The Labute approximate surface area is 141 Å². The van der Waals surface area contributed by atoms with Gasteiger partial charge >= 0.3 is 0 Å². The Balaban J connectivity index is 2.14. The summed E-state index contributed by atoms with van der Waals surface area (Å²) in [4.78, 5) is 11.7. The van der Waals surface area contributed by atoms with Crippen molar-refractivity contribution >= 4 is 21.6 Å². The summed E-state index contributed by atoms with van der Waals surface area (Å²) in [5.74, 6) is -1.34. The molecule has 0 aliphatic heterocycles. The van der Waals surface area contributed by atoms with E-state index in [4.69, 9.17) is 0 Å². The lowest BCUT2D eigenvalue weighted by atomic mass is 10.1. The number of carbonyl (C=O) groups excluding carboxylic acids is 1. The van der Waals surface area contributed by atoms with E-state index in [2.05, 4.69) is 5.32 Å². The van der Waals surface area contributed by atoms with E-state index in [9.17, 15) is 17.6 Å². The second-order valence-corrected chi connectivity index (χ2v) is 7.50. The van der Waals surface area contributed by atoms with Crippen LogP contribution in [-0.2, 0) is 14.8 Å². The summed E-state index contributed by atoms with van der Waals surface area (Å²) < 4.78 is 39.3. The van der Waals surface area contributed by atoms with Gasteiger partial charge < -0.3 is 5.32 Å². The number of hydrogen-bond donors (Lipinski definition) is 1. The average Bonchev–Trinajstić information content (AvgIpc) is 2.52. The predicted molar refractivity (Wildman–Crippen MR) is 90.8 cm³/mol. The zero-order valence-electron chi connectivity index (χ0n) is 13.7. The van der Waals surface area contributed by atoms with Gasteiger partial charge in [-0.2, -0.15) is 4.31 Å². The van der Waals surface area contributed by atoms with E-state index in [1.807, 2.05) is 19.9 Å². The number of benzene rings is 2. The molecule has 2 aromatic rings. The maximum atomic E-state index is 13.7. The van der Waals surface area contributed by atoms with Gasteiger partial charge in [0, 0.05) is 12.7 Å². The number of nitrogens with one attached hydrogen (secondary N) is 1. The Morgan fingerprint density at radius 2 is 1.79 bits per heavy atom. The fourth-order valence-electron chi connectivity index (χ4n) is 2.19. The Hall–Kier alpha value is -2.25. The fraction of sp³-hybridized carbons (Fsp3) is 0.235. The highest BCUT2D eigenvalue weighted by Crippen LogP contribution is 2.19. The Bertz CT molecular complexity index is 866. The normalized spacial score (nSPS) is 11.5. The maximum Gasteiger partial charge on any atom is 0.246 e. The third-order valence-electron chi connectivity index (χ3n) is 3.77. The largest absolute Gasteiger partial charge is 0.325 e. The molecule has 0 saturated heterocycles. The van der Waals surface area contributed by atoms with Crippen LogP contribution < -0.4 is 5.32 Å². The van der Waals surface area contributed by atoms with Crippen LogP contribution in [0.3, 0.4) is 0 Å². The van der Waals surface area contributed by atoms with E-state index in [1.165, 1.54) is 25.2 Å². The van der Waals surface area contributed by atoms with Gasteiger partial charge in [-0.25, -0.2) is 12.8 Å². The van der Waals surface area contributed by atoms with E-state index in [0.717, 1.165) is 21.5 Å². The van der Waals surface area contributed by atoms with Gasteiger partial charge in [0.25, 0.3) is 0 Å². The van der Waals surface area contributed by atoms with E-state index in [0.29, 0.717) is 5.69 Å². The van der Waals surface area contributed by atoms with Crippen molar-refractivity contribution in [1.82, 2.24) is 4.31 Å². The number of likely N-dealkylation sites (N-methyl/N-ethyl adjacent to an activating group) is 1. The molecule has 1 N–H and O–H groups in total.